The molecule has 3 aromatic heterocycles. The second-order valence-corrected chi connectivity index (χ2v) is 7.29. The van der Waals surface area contributed by atoms with Crippen LogP contribution in [0.15, 0.2) is 39.8 Å². The van der Waals surface area contributed by atoms with Crippen LogP contribution in [0.25, 0.3) is 16.8 Å². The van der Waals surface area contributed by atoms with Gasteiger partial charge in [0.2, 0.25) is 5.89 Å². The van der Waals surface area contributed by atoms with E-state index in [1.165, 1.54) is 17.6 Å². The minimum absolute atomic E-state index is 0.0428. The van der Waals surface area contributed by atoms with Crippen molar-refractivity contribution in [2.45, 2.75) is 40.3 Å². The second-order valence-electron chi connectivity index (χ2n) is 6.35. The fraction of sp³-hybridized carbons (Fsp3) is 0.286. The Kier molecular flexibility index (Phi) is 6.12. The number of thiophene rings is 1. The average Bonchev–Trinajstić information content (AvgIpc) is 3.42. The number of esters is 1. The van der Waals surface area contributed by atoms with Crippen LogP contribution in [0.4, 0.5) is 0 Å². The highest BCUT2D eigenvalue weighted by atomic mass is 32.1. The quantitative estimate of drug-likeness (QED) is 0.323. The van der Waals surface area contributed by atoms with Gasteiger partial charge in [0.15, 0.2) is 0 Å². The maximum Gasteiger partial charge on any atom is 0.349 e. The number of aryl methyl sites for hydroxylation is 1. The minimum atomic E-state index is -0.677. The molecule has 28 heavy (non-hydrogen) atoms. The first-order valence-corrected chi connectivity index (χ1v) is 9.85. The van der Waals surface area contributed by atoms with Gasteiger partial charge in [-0.05, 0) is 49.4 Å². The normalized spacial score (nSPS) is 11.4. The third-order valence-electron chi connectivity index (χ3n) is 4.34. The van der Waals surface area contributed by atoms with E-state index in [9.17, 15) is 10.1 Å². The van der Waals surface area contributed by atoms with Gasteiger partial charge < -0.3 is 13.7 Å². The van der Waals surface area contributed by atoms with Gasteiger partial charge in [-0.3, -0.25) is 0 Å². The van der Waals surface area contributed by atoms with Gasteiger partial charge in [0.25, 0.3) is 0 Å². The van der Waals surface area contributed by atoms with Crippen molar-refractivity contribution >= 4 is 23.4 Å². The fourth-order valence-corrected chi connectivity index (χ4v) is 3.59. The Morgan fingerprint density at radius 3 is 2.96 bits per heavy atom. The molecule has 0 saturated heterocycles. The van der Waals surface area contributed by atoms with Crippen LogP contribution in [0.1, 0.15) is 36.0 Å². The highest BCUT2D eigenvalue weighted by molar-refractivity contribution is 7.13. The molecule has 144 valence electrons. The van der Waals surface area contributed by atoms with E-state index in [-0.39, 0.29) is 12.2 Å². The standard InChI is InChI=1S/C21H21N3O3S/c1-4-7-24-14(2)9-16(15(24)3)10-17(11-22)21(25)27-13-18-12-26-20(23-18)19-6-5-8-28-19/h5-6,8-10,12H,4,7,13H2,1-3H3/b17-10+. The number of rotatable bonds is 7. The number of aromatic nitrogens is 2. The maximum absolute atomic E-state index is 12.3. The van der Waals surface area contributed by atoms with Crippen molar-refractivity contribution in [3.8, 4) is 16.8 Å². The minimum Gasteiger partial charge on any atom is -0.455 e. The third kappa shape index (κ3) is 4.24. The summed E-state index contributed by atoms with van der Waals surface area (Å²) >= 11 is 1.51. The Labute approximate surface area is 167 Å². The Bertz CT molecular complexity index is 1040. The van der Waals surface area contributed by atoms with E-state index in [1.807, 2.05) is 43.5 Å². The zero-order valence-electron chi connectivity index (χ0n) is 16.1. The van der Waals surface area contributed by atoms with E-state index in [2.05, 4.69) is 16.5 Å². The van der Waals surface area contributed by atoms with Gasteiger partial charge in [-0.1, -0.05) is 13.0 Å². The number of carbonyl (C=O) groups excluding carboxylic acids is 1. The summed E-state index contributed by atoms with van der Waals surface area (Å²) in [6, 6.07) is 7.72. The molecule has 0 aliphatic carbocycles. The first-order valence-electron chi connectivity index (χ1n) is 8.97. The molecule has 6 nitrogen and oxygen atoms in total. The lowest BCUT2D eigenvalue weighted by molar-refractivity contribution is -0.139. The molecule has 0 amide bonds. The van der Waals surface area contributed by atoms with Crippen molar-refractivity contribution in [2.24, 2.45) is 0 Å². The summed E-state index contributed by atoms with van der Waals surface area (Å²) in [6.45, 7) is 6.95. The van der Waals surface area contributed by atoms with Gasteiger partial charge in [-0.2, -0.15) is 5.26 Å². The summed E-state index contributed by atoms with van der Waals surface area (Å²) in [5, 5.41) is 11.3. The van der Waals surface area contributed by atoms with E-state index in [4.69, 9.17) is 9.15 Å². The molecule has 3 aromatic rings. The highest BCUT2D eigenvalue weighted by Crippen LogP contribution is 2.24. The highest BCUT2D eigenvalue weighted by Gasteiger charge is 2.15. The summed E-state index contributed by atoms with van der Waals surface area (Å²) in [6.07, 6.45) is 4.05. The molecule has 3 rings (SSSR count). The molecule has 0 N–H and O–H groups in total. The molecule has 0 aliphatic heterocycles. The van der Waals surface area contributed by atoms with Crippen LogP contribution >= 0.6 is 11.3 Å². The summed E-state index contributed by atoms with van der Waals surface area (Å²) in [7, 11) is 0. The molecule has 7 heteroatoms. The first kappa shape index (κ1) is 19.6. The lowest BCUT2D eigenvalue weighted by atomic mass is 10.1. The zero-order chi connectivity index (χ0) is 20.1. The van der Waals surface area contributed by atoms with Crippen molar-refractivity contribution in [3.63, 3.8) is 0 Å². The fourth-order valence-electron chi connectivity index (χ4n) is 2.94. The molecule has 0 unspecified atom stereocenters. The topological polar surface area (TPSA) is 81.0 Å². The van der Waals surface area contributed by atoms with Crippen LogP contribution in [0.2, 0.25) is 0 Å². The molecular formula is C21H21N3O3S. The molecule has 0 aliphatic rings. The van der Waals surface area contributed by atoms with Crippen LogP contribution in [-0.2, 0) is 22.7 Å². The Morgan fingerprint density at radius 2 is 2.29 bits per heavy atom. The summed E-state index contributed by atoms with van der Waals surface area (Å²) in [5.41, 5.74) is 3.42. The summed E-state index contributed by atoms with van der Waals surface area (Å²) in [4.78, 5) is 17.5. The van der Waals surface area contributed by atoms with Crippen LogP contribution in [-0.4, -0.2) is 15.5 Å². The van der Waals surface area contributed by atoms with Crippen molar-refractivity contribution in [1.82, 2.24) is 9.55 Å². The molecular weight excluding hydrogens is 374 g/mol. The number of hydrogen-bond acceptors (Lipinski definition) is 6. The Hall–Kier alpha value is -3.11. The lowest BCUT2D eigenvalue weighted by Crippen LogP contribution is -2.07. The van der Waals surface area contributed by atoms with Gasteiger partial charge in [0.05, 0.1) is 4.88 Å². The molecule has 0 bridgehead atoms. The van der Waals surface area contributed by atoms with Crippen LogP contribution in [0, 0.1) is 25.2 Å². The number of nitrogens with zero attached hydrogens (tertiary/aromatic N) is 3. The molecule has 0 radical (unpaired) electrons. The summed E-state index contributed by atoms with van der Waals surface area (Å²) in [5.74, 6) is -0.191. The predicted molar refractivity (Wildman–Crippen MR) is 107 cm³/mol. The van der Waals surface area contributed by atoms with Crippen molar-refractivity contribution in [1.29, 1.82) is 5.26 Å². The van der Waals surface area contributed by atoms with Crippen LogP contribution < -0.4 is 0 Å². The first-order chi connectivity index (χ1) is 13.5. The van der Waals surface area contributed by atoms with Gasteiger partial charge in [0.1, 0.15) is 30.2 Å². The Balaban J connectivity index is 1.70. The molecule has 0 spiro atoms. The third-order valence-corrected chi connectivity index (χ3v) is 5.19. The SMILES string of the molecule is CCCn1c(C)cc(/C=C(\C#N)C(=O)OCc2coc(-c3cccs3)n2)c1C. The molecule has 0 fully saturated rings. The zero-order valence-corrected chi connectivity index (χ0v) is 16.9. The number of ether oxygens (including phenoxy) is 1. The lowest BCUT2D eigenvalue weighted by Gasteiger charge is -2.07. The van der Waals surface area contributed by atoms with Crippen LogP contribution in [0.3, 0.4) is 0 Å². The average molecular weight is 395 g/mol. The summed E-state index contributed by atoms with van der Waals surface area (Å²) < 4.78 is 12.8. The predicted octanol–water partition coefficient (Wildman–Crippen LogP) is 4.88. The van der Waals surface area contributed by atoms with E-state index >= 15 is 0 Å². The smallest absolute Gasteiger partial charge is 0.349 e. The van der Waals surface area contributed by atoms with Crippen molar-refractivity contribution in [3.05, 3.63) is 58.1 Å². The number of oxazole rings is 1. The van der Waals surface area contributed by atoms with Gasteiger partial charge in [-0.15, -0.1) is 11.3 Å². The van der Waals surface area contributed by atoms with Crippen LogP contribution in [0.5, 0.6) is 0 Å². The van der Waals surface area contributed by atoms with Gasteiger partial charge in [0, 0.05) is 17.9 Å². The molecule has 0 atom stereocenters. The number of carbonyl (C=O) groups is 1. The van der Waals surface area contributed by atoms with E-state index in [0.717, 1.165) is 34.8 Å². The van der Waals surface area contributed by atoms with E-state index in [1.54, 1.807) is 6.08 Å². The molecule has 0 aromatic carbocycles. The van der Waals surface area contributed by atoms with E-state index in [0.29, 0.717) is 11.6 Å². The van der Waals surface area contributed by atoms with Gasteiger partial charge in [-0.25, -0.2) is 9.78 Å². The second kappa shape index (κ2) is 8.72. The molecule has 0 saturated carbocycles. The Morgan fingerprint density at radius 1 is 1.46 bits per heavy atom. The maximum atomic E-state index is 12.3. The number of hydrogen-bond donors (Lipinski definition) is 0. The monoisotopic (exact) mass is 395 g/mol. The number of nitriles is 1. The van der Waals surface area contributed by atoms with Crippen molar-refractivity contribution in [2.75, 3.05) is 0 Å². The van der Waals surface area contributed by atoms with E-state index < -0.39 is 5.97 Å². The van der Waals surface area contributed by atoms with Gasteiger partial charge >= 0.3 is 5.97 Å². The van der Waals surface area contributed by atoms with Crippen molar-refractivity contribution < 1.29 is 13.9 Å². The largest absolute Gasteiger partial charge is 0.455 e. The molecule has 3 heterocycles.